The zero-order valence-corrected chi connectivity index (χ0v) is 17.3. The standard InChI is InChI=1S/C20H28N4O3S/c1-24-18(22-23-20(24)28-14-16-7-5-13-27-16)11-12-21-19(25)10-9-15-6-3-4-8-17(15)26-2/h3-4,6,8,16H,5,7,9-14H2,1-2H3,(H,21,25). The van der Waals surface area contributed by atoms with Gasteiger partial charge in [0.2, 0.25) is 5.91 Å². The summed E-state index contributed by atoms with van der Waals surface area (Å²) in [6.45, 7) is 1.42. The van der Waals surface area contributed by atoms with Gasteiger partial charge in [0.25, 0.3) is 0 Å². The average Bonchev–Trinajstić information content (AvgIpc) is 3.35. The minimum atomic E-state index is 0.0288. The molecule has 0 spiro atoms. The SMILES string of the molecule is COc1ccccc1CCC(=O)NCCc1nnc(SCC2CCCO2)n1C. The molecule has 8 heteroatoms. The Morgan fingerprint density at radius 3 is 3.00 bits per heavy atom. The molecule has 2 aromatic rings. The van der Waals surface area contributed by atoms with Crippen LogP contribution in [0.2, 0.25) is 0 Å². The predicted octanol–water partition coefficient (Wildman–Crippen LogP) is 2.39. The molecule has 1 fully saturated rings. The van der Waals surface area contributed by atoms with E-state index in [9.17, 15) is 4.79 Å². The fraction of sp³-hybridized carbons (Fsp3) is 0.550. The summed E-state index contributed by atoms with van der Waals surface area (Å²) in [7, 11) is 3.61. The van der Waals surface area contributed by atoms with Gasteiger partial charge in [-0.15, -0.1) is 10.2 Å². The number of benzene rings is 1. The highest BCUT2D eigenvalue weighted by Gasteiger charge is 2.18. The van der Waals surface area contributed by atoms with Crippen molar-refractivity contribution in [2.75, 3.05) is 26.0 Å². The first-order valence-corrected chi connectivity index (χ1v) is 10.7. The van der Waals surface area contributed by atoms with Crippen molar-refractivity contribution in [3.63, 3.8) is 0 Å². The van der Waals surface area contributed by atoms with Crippen LogP contribution in [0.25, 0.3) is 0 Å². The third-order valence-corrected chi connectivity index (χ3v) is 5.98. The third kappa shape index (κ3) is 5.72. The fourth-order valence-electron chi connectivity index (χ4n) is 3.19. The molecular weight excluding hydrogens is 376 g/mol. The Morgan fingerprint density at radius 2 is 2.21 bits per heavy atom. The van der Waals surface area contributed by atoms with E-state index in [0.717, 1.165) is 47.5 Å². The van der Waals surface area contributed by atoms with Crippen LogP contribution >= 0.6 is 11.8 Å². The maximum atomic E-state index is 12.1. The number of nitrogens with one attached hydrogen (secondary N) is 1. The highest BCUT2D eigenvalue weighted by atomic mass is 32.2. The largest absolute Gasteiger partial charge is 0.496 e. The quantitative estimate of drug-likeness (QED) is 0.613. The lowest BCUT2D eigenvalue weighted by Crippen LogP contribution is -2.26. The number of hydrogen-bond donors (Lipinski definition) is 1. The minimum Gasteiger partial charge on any atom is -0.496 e. The van der Waals surface area contributed by atoms with Gasteiger partial charge in [-0.05, 0) is 30.9 Å². The van der Waals surface area contributed by atoms with E-state index >= 15 is 0 Å². The molecule has 0 bridgehead atoms. The van der Waals surface area contributed by atoms with Crippen molar-refractivity contribution in [3.05, 3.63) is 35.7 Å². The summed E-state index contributed by atoms with van der Waals surface area (Å²) in [6, 6.07) is 7.78. The minimum absolute atomic E-state index is 0.0288. The number of carbonyl (C=O) groups excluding carboxylic acids is 1. The van der Waals surface area contributed by atoms with E-state index in [0.29, 0.717) is 31.9 Å². The number of ether oxygens (including phenoxy) is 2. The van der Waals surface area contributed by atoms with Crippen molar-refractivity contribution in [2.45, 2.75) is 43.4 Å². The molecule has 0 aliphatic carbocycles. The van der Waals surface area contributed by atoms with Crippen molar-refractivity contribution >= 4 is 17.7 Å². The van der Waals surface area contributed by atoms with Crippen LogP contribution in [0.1, 0.15) is 30.7 Å². The number of carbonyl (C=O) groups is 1. The number of hydrogen-bond acceptors (Lipinski definition) is 6. The van der Waals surface area contributed by atoms with Crippen LogP contribution < -0.4 is 10.1 Å². The summed E-state index contributed by atoms with van der Waals surface area (Å²) in [5.41, 5.74) is 1.04. The fourth-order valence-corrected chi connectivity index (χ4v) is 4.19. The number of aromatic nitrogens is 3. The van der Waals surface area contributed by atoms with E-state index in [4.69, 9.17) is 9.47 Å². The lowest BCUT2D eigenvalue weighted by atomic mass is 10.1. The number of rotatable bonds is 10. The van der Waals surface area contributed by atoms with Gasteiger partial charge in [-0.2, -0.15) is 0 Å². The normalized spacial score (nSPS) is 16.3. The lowest BCUT2D eigenvalue weighted by Gasteiger charge is -2.09. The molecule has 1 amide bonds. The van der Waals surface area contributed by atoms with Gasteiger partial charge in [-0.25, -0.2) is 0 Å². The Kier molecular flexibility index (Phi) is 7.73. The van der Waals surface area contributed by atoms with Crippen molar-refractivity contribution in [1.29, 1.82) is 0 Å². The molecule has 3 rings (SSSR count). The monoisotopic (exact) mass is 404 g/mol. The van der Waals surface area contributed by atoms with Crippen molar-refractivity contribution in [1.82, 2.24) is 20.1 Å². The Morgan fingerprint density at radius 1 is 1.36 bits per heavy atom. The van der Waals surface area contributed by atoms with Gasteiger partial charge in [0, 0.05) is 38.8 Å². The molecule has 1 unspecified atom stereocenters. The third-order valence-electron chi connectivity index (χ3n) is 4.83. The van der Waals surface area contributed by atoms with Gasteiger partial charge in [-0.1, -0.05) is 30.0 Å². The van der Waals surface area contributed by atoms with Gasteiger partial charge in [0.1, 0.15) is 11.6 Å². The van der Waals surface area contributed by atoms with E-state index in [1.807, 2.05) is 35.9 Å². The molecule has 7 nitrogen and oxygen atoms in total. The van der Waals surface area contributed by atoms with Crippen LogP contribution in [0.15, 0.2) is 29.4 Å². The average molecular weight is 405 g/mol. The molecule has 152 valence electrons. The molecule has 1 aromatic carbocycles. The summed E-state index contributed by atoms with van der Waals surface area (Å²) >= 11 is 1.68. The van der Waals surface area contributed by atoms with Crippen LogP contribution in [0.4, 0.5) is 0 Å². The van der Waals surface area contributed by atoms with Gasteiger partial charge in [0.15, 0.2) is 5.16 Å². The first-order valence-electron chi connectivity index (χ1n) is 9.68. The van der Waals surface area contributed by atoms with Crippen LogP contribution in [0.5, 0.6) is 5.75 Å². The molecule has 1 aliphatic heterocycles. The van der Waals surface area contributed by atoms with E-state index < -0.39 is 0 Å². The maximum absolute atomic E-state index is 12.1. The molecular formula is C20H28N4O3S. The summed E-state index contributed by atoms with van der Waals surface area (Å²) < 4.78 is 13.0. The Balaban J connectivity index is 1.39. The molecule has 2 heterocycles. The summed E-state index contributed by atoms with van der Waals surface area (Å²) in [5, 5.41) is 12.4. The Labute approximate surface area is 170 Å². The maximum Gasteiger partial charge on any atom is 0.220 e. The molecule has 0 saturated carbocycles. The predicted molar refractivity (Wildman–Crippen MR) is 109 cm³/mol. The number of methoxy groups -OCH3 is 1. The molecule has 1 atom stereocenters. The summed E-state index contributed by atoms with van der Waals surface area (Å²) in [4.78, 5) is 12.1. The molecule has 1 saturated heterocycles. The smallest absolute Gasteiger partial charge is 0.220 e. The van der Waals surface area contributed by atoms with E-state index in [2.05, 4.69) is 15.5 Å². The molecule has 1 N–H and O–H groups in total. The molecule has 0 radical (unpaired) electrons. The zero-order chi connectivity index (χ0) is 19.8. The number of para-hydroxylation sites is 1. The molecule has 1 aliphatic rings. The number of nitrogens with zero attached hydrogens (tertiary/aromatic N) is 3. The lowest BCUT2D eigenvalue weighted by molar-refractivity contribution is -0.121. The van der Waals surface area contributed by atoms with Crippen molar-refractivity contribution in [3.8, 4) is 5.75 Å². The van der Waals surface area contributed by atoms with Crippen LogP contribution in [-0.2, 0) is 29.4 Å². The highest BCUT2D eigenvalue weighted by Crippen LogP contribution is 2.22. The van der Waals surface area contributed by atoms with Crippen LogP contribution in [0.3, 0.4) is 0 Å². The number of amides is 1. The van der Waals surface area contributed by atoms with E-state index in [1.54, 1.807) is 18.9 Å². The van der Waals surface area contributed by atoms with Crippen LogP contribution in [0, 0.1) is 0 Å². The number of thioether (sulfide) groups is 1. The molecule has 1 aromatic heterocycles. The molecule has 28 heavy (non-hydrogen) atoms. The second kappa shape index (κ2) is 10.5. The van der Waals surface area contributed by atoms with Gasteiger partial charge in [0.05, 0.1) is 13.2 Å². The van der Waals surface area contributed by atoms with Gasteiger partial charge >= 0.3 is 0 Å². The van der Waals surface area contributed by atoms with Crippen LogP contribution in [-0.4, -0.2) is 52.8 Å². The van der Waals surface area contributed by atoms with Crippen molar-refractivity contribution < 1.29 is 14.3 Å². The topological polar surface area (TPSA) is 78.3 Å². The van der Waals surface area contributed by atoms with Crippen molar-refractivity contribution in [2.24, 2.45) is 7.05 Å². The second-order valence-electron chi connectivity index (χ2n) is 6.82. The van der Waals surface area contributed by atoms with E-state index in [-0.39, 0.29) is 5.91 Å². The first kappa shape index (κ1) is 20.7. The van der Waals surface area contributed by atoms with Gasteiger partial charge in [-0.3, -0.25) is 4.79 Å². The second-order valence-corrected chi connectivity index (χ2v) is 7.80. The Hall–Kier alpha value is -2.06. The summed E-state index contributed by atoms with van der Waals surface area (Å²) in [6.07, 6.45) is 4.34. The highest BCUT2D eigenvalue weighted by molar-refractivity contribution is 7.99. The summed E-state index contributed by atoms with van der Waals surface area (Å²) in [5.74, 6) is 2.63. The number of aryl methyl sites for hydroxylation is 1. The zero-order valence-electron chi connectivity index (χ0n) is 16.5. The first-order chi connectivity index (χ1) is 13.7. The van der Waals surface area contributed by atoms with E-state index in [1.165, 1.54) is 0 Å². The van der Waals surface area contributed by atoms with Gasteiger partial charge < -0.3 is 19.4 Å². The Bertz CT molecular complexity index is 775.